The summed E-state index contributed by atoms with van der Waals surface area (Å²) in [5.74, 6) is 1.31. The third kappa shape index (κ3) is 5.00. The van der Waals surface area contributed by atoms with E-state index in [1.54, 1.807) is 12.4 Å². The van der Waals surface area contributed by atoms with Crippen molar-refractivity contribution in [3.8, 4) is 11.3 Å². The topological polar surface area (TPSA) is 66.0 Å². The number of hydrogen-bond acceptors (Lipinski definition) is 6. The molecular weight excluding hydrogens is 392 g/mol. The molecule has 2 aromatic heterocycles. The summed E-state index contributed by atoms with van der Waals surface area (Å²) in [6.45, 7) is 1.66. The number of nitrogens with zero attached hydrogens (tertiary/aromatic N) is 4. The molecule has 1 aromatic carbocycles. The molecule has 2 N–H and O–H groups in total. The van der Waals surface area contributed by atoms with E-state index in [0.29, 0.717) is 5.95 Å². The maximum Gasteiger partial charge on any atom is 0.225 e. The Morgan fingerprint density at radius 1 is 1.08 bits per heavy atom. The molecule has 0 bridgehead atoms. The van der Waals surface area contributed by atoms with Crippen LogP contribution in [0.15, 0.2) is 59.3 Å². The van der Waals surface area contributed by atoms with Crippen molar-refractivity contribution < 1.29 is 0 Å². The second-order valence-electron chi connectivity index (χ2n) is 6.04. The van der Waals surface area contributed by atoms with Gasteiger partial charge in [-0.25, -0.2) is 4.98 Å². The summed E-state index contributed by atoms with van der Waals surface area (Å²) >= 11 is 3.56. The quantitative estimate of drug-likeness (QED) is 0.610. The molecule has 134 valence electrons. The molecule has 0 spiro atoms. The number of nitrogens with one attached hydrogen (secondary N) is 2. The number of halogens is 1. The summed E-state index contributed by atoms with van der Waals surface area (Å²) in [5, 5.41) is 6.64. The van der Waals surface area contributed by atoms with Gasteiger partial charge in [-0.1, -0.05) is 12.1 Å². The van der Waals surface area contributed by atoms with Gasteiger partial charge >= 0.3 is 0 Å². The molecule has 0 atom stereocenters. The summed E-state index contributed by atoms with van der Waals surface area (Å²) in [6.07, 6.45) is 3.55. The van der Waals surface area contributed by atoms with Crippen LogP contribution in [0.5, 0.6) is 0 Å². The zero-order valence-electron chi connectivity index (χ0n) is 14.8. The highest BCUT2D eigenvalue weighted by Gasteiger charge is 2.08. The van der Waals surface area contributed by atoms with Gasteiger partial charge in [0.2, 0.25) is 5.95 Å². The van der Waals surface area contributed by atoms with E-state index in [1.165, 1.54) is 0 Å². The van der Waals surface area contributed by atoms with E-state index >= 15 is 0 Å². The Morgan fingerprint density at radius 3 is 2.65 bits per heavy atom. The fourth-order valence-corrected chi connectivity index (χ4v) is 2.73. The molecule has 7 heteroatoms. The lowest BCUT2D eigenvalue weighted by Crippen LogP contribution is -2.21. The standard InChI is InChI=1S/C19H21BrN6/c1-26(2)11-10-22-19-24-17(14-6-5-9-21-13-14)12-18(25-19)23-16-8-4-3-7-15(16)20/h3-9,12-13H,10-11H2,1-2H3,(H2,22,23,24,25). The molecule has 0 saturated heterocycles. The minimum Gasteiger partial charge on any atom is -0.353 e. The lowest BCUT2D eigenvalue weighted by molar-refractivity contribution is 0.425. The summed E-state index contributed by atoms with van der Waals surface area (Å²) in [5.41, 5.74) is 2.71. The third-order valence-electron chi connectivity index (χ3n) is 3.66. The van der Waals surface area contributed by atoms with Gasteiger partial charge in [-0.2, -0.15) is 4.98 Å². The van der Waals surface area contributed by atoms with Crippen LogP contribution in [0.3, 0.4) is 0 Å². The SMILES string of the molecule is CN(C)CCNc1nc(Nc2ccccc2Br)cc(-c2cccnc2)n1. The van der Waals surface area contributed by atoms with Gasteiger partial charge in [-0.3, -0.25) is 4.98 Å². The second kappa shape index (κ2) is 8.73. The molecule has 0 saturated carbocycles. The molecule has 6 nitrogen and oxygen atoms in total. The average Bonchev–Trinajstić information content (AvgIpc) is 2.64. The minimum absolute atomic E-state index is 0.586. The first-order chi connectivity index (χ1) is 12.6. The molecule has 3 rings (SSSR count). The molecule has 0 aliphatic carbocycles. The largest absolute Gasteiger partial charge is 0.353 e. The van der Waals surface area contributed by atoms with Crippen LogP contribution in [0.2, 0.25) is 0 Å². The van der Waals surface area contributed by atoms with Crippen molar-refractivity contribution in [2.75, 3.05) is 37.8 Å². The van der Waals surface area contributed by atoms with E-state index in [2.05, 4.69) is 46.4 Å². The van der Waals surface area contributed by atoms with Gasteiger partial charge in [0.25, 0.3) is 0 Å². The van der Waals surface area contributed by atoms with Gasteiger partial charge < -0.3 is 15.5 Å². The Hall–Kier alpha value is -2.51. The molecule has 26 heavy (non-hydrogen) atoms. The minimum atomic E-state index is 0.586. The maximum absolute atomic E-state index is 4.63. The lowest BCUT2D eigenvalue weighted by Gasteiger charge is -2.13. The molecule has 0 unspecified atom stereocenters. The van der Waals surface area contributed by atoms with Crippen molar-refractivity contribution in [2.45, 2.75) is 0 Å². The molecule has 0 radical (unpaired) electrons. The molecular formula is C19H21BrN6. The van der Waals surface area contributed by atoms with Gasteiger partial charge in [0.15, 0.2) is 0 Å². The zero-order valence-corrected chi connectivity index (χ0v) is 16.4. The van der Waals surface area contributed by atoms with Crippen LogP contribution in [-0.4, -0.2) is 47.0 Å². The Morgan fingerprint density at radius 2 is 1.92 bits per heavy atom. The Balaban J connectivity index is 1.90. The van der Waals surface area contributed by atoms with E-state index in [0.717, 1.165) is 40.3 Å². The fourth-order valence-electron chi connectivity index (χ4n) is 2.34. The second-order valence-corrected chi connectivity index (χ2v) is 6.89. The van der Waals surface area contributed by atoms with Gasteiger partial charge in [0.1, 0.15) is 5.82 Å². The van der Waals surface area contributed by atoms with Gasteiger partial charge in [-0.05, 0) is 54.3 Å². The van der Waals surface area contributed by atoms with Crippen molar-refractivity contribution in [1.29, 1.82) is 0 Å². The monoisotopic (exact) mass is 412 g/mol. The van der Waals surface area contributed by atoms with E-state index in [9.17, 15) is 0 Å². The van der Waals surface area contributed by atoms with E-state index < -0.39 is 0 Å². The van der Waals surface area contributed by atoms with Crippen LogP contribution >= 0.6 is 15.9 Å². The summed E-state index contributed by atoms with van der Waals surface area (Å²) in [7, 11) is 4.07. The smallest absolute Gasteiger partial charge is 0.225 e. The number of hydrogen-bond donors (Lipinski definition) is 2. The predicted octanol–water partition coefficient (Wildman–Crippen LogP) is 4.02. The van der Waals surface area contributed by atoms with Crippen molar-refractivity contribution in [1.82, 2.24) is 19.9 Å². The summed E-state index contributed by atoms with van der Waals surface area (Å²) in [4.78, 5) is 15.5. The molecule has 2 heterocycles. The predicted molar refractivity (Wildman–Crippen MR) is 110 cm³/mol. The van der Waals surface area contributed by atoms with Gasteiger partial charge in [0, 0.05) is 41.6 Å². The number of rotatable bonds is 7. The number of pyridine rings is 1. The van der Waals surface area contributed by atoms with Crippen LogP contribution in [0.25, 0.3) is 11.3 Å². The van der Waals surface area contributed by atoms with Crippen LogP contribution in [0.1, 0.15) is 0 Å². The first-order valence-corrected chi connectivity index (χ1v) is 9.11. The normalized spacial score (nSPS) is 10.8. The van der Waals surface area contributed by atoms with Crippen molar-refractivity contribution in [3.05, 3.63) is 59.3 Å². The van der Waals surface area contributed by atoms with Crippen LogP contribution < -0.4 is 10.6 Å². The highest BCUT2D eigenvalue weighted by molar-refractivity contribution is 9.10. The van der Waals surface area contributed by atoms with Crippen LogP contribution in [0.4, 0.5) is 17.5 Å². The Bertz CT molecular complexity index is 854. The molecule has 0 fully saturated rings. The fraction of sp³-hybridized carbons (Fsp3) is 0.211. The highest BCUT2D eigenvalue weighted by atomic mass is 79.9. The van der Waals surface area contributed by atoms with Crippen LogP contribution in [0, 0.1) is 0 Å². The number of benzene rings is 1. The first kappa shape index (κ1) is 18.3. The Kier molecular flexibility index (Phi) is 6.14. The van der Waals surface area contributed by atoms with E-state index in [4.69, 9.17) is 0 Å². The lowest BCUT2D eigenvalue weighted by atomic mass is 10.2. The Labute approximate surface area is 161 Å². The molecule has 0 aliphatic heterocycles. The van der Waals surface area contributed by atoms with Crippen molar-refractivity contribution in [3.63, 3.8) is 0 Å². The van der Waals surface area contributed by atoms with Crippen LogP contribution in [-0.2, 0) is 0 Å². The van der Waals surface area contributed by atoms with Gasteiger partial charge in [-0.15, -0.1) is 0 Å². The zero-order chi connectivity index (χ0) is 18.4. The number of anilines is 3. The van der Waals surface area contributed by atoms with E-state index in [1.807, 2.05) is 56.6 Å². The maximum atomic E-state index is 4.63. The molecule has 3 aromatic rings. The number of likely N-dealkylation sites (N-methyl/N-ethyl adjacent to an activating group) is 1. The summed E-state index contributed by atoms with van der Waals surface area (Å²) in [6, 6.07) is 13.8. The number of para-hydroxylation sites is 1. The highest BCUT2D eigenvalue weighted by Crippen LogP contribution is 2.27. The van der Waals surface area contributed by atoms with Crippen molar-refractivity contribution in [2.24, 2.45) is 0 Å². The van der Waals surface area contributed by atoms with Crippen molar-refractivity contribution >= 4 is 33.4 Å². The number of aromatic nitrogens is 3. The molecule has 0 aliphatic rings. The summed E-state index contributed by atoms with van der Waals surface area (Å²) < 4.78 is 0.976. The molecule has 0 amide bonds. The van der Waals surface area contributed by atoms with E-state index in [-0.39, 0.29) is 0 Å². The van der Waals surface area contributed by atoms with Gasteiger partial charge in [0.05, 0.1) is 11.4 Å². The third-order valence-corrected chi connectivity index (χ3v) is 4.35. The average molecular weight is 413 g/mol. The first-order valence-electron chi connectivity index (χ1n) is 8.31.